The van der Waals surface area contributed by atoms with Gasteiger partial charge in [-0.05, 0) is 38.1 Å². The van der Waals surface area contributed by atoms with E-state index < -0.39 is 17.7 Å². The van der Waals surface area contributed by atoms with Crippen LogP contribution in [0.5, 0.6) is 0 Å². The van der Waals surface area contributed by atoms with E-state index in [-0.39, 0.29) is 5.56 Å². The van der Waals surface area contributed by atoms with Gasteiger partial charge in [0.2, 0.25) is 0 Å². The van der Waals surface area contributed by atoms with Crippen molar-refractivity contribution in [1.82, 2.24) is 10.3 Å². The number of aryl methyl sites for hydroxylation is 2. The predicted octanol–water partition coefficient (Wildman–Crippen LogP) is 1.24. The Labute approximate surface area is 130 Å². The molecule has 8 heteroatoms. The number of nitrogens with one attached hydrogen (secondary N) is 2. The Kier molecular flexibility index (Phi) is 4.52. The minimum atomic E-state index is -1.05. The number of nitrogens with zero attached hydrogens (tertiary/aromatic N) is 1. The third kappa shape index (κ3) is 3.67. The van der Waals surface area contributed by atoms with Crippen molar-refractivity contribution < 1.29 is 14.4 Å². The molecule has 22 heavy (non-hydrogen) atoms. The molecule has 0 bridgehead atoms. The van der Waals surface area contributed by atoms with Gasteiger partial charge in [0.25, 0.3) is 5.91 Å². The highest BCUT2D eigenvalue weighted by atomic mass is 32.1. The number of nitrogen functional groups attached to an aromatic ring is 1. The van der Waals surface area contributed by atoms with Gasteiger partial charge in [-0.25, -0.2) is 4.98 Å². The average Bonchev–Trinajstić information content (AvgIpc) is 2.77. The van der Waals surface area contributed by atoms with Crippen molar-refractivity contribution in [3.05, 3.63) is 40.4 Å². The Balaban J connectivity index is 1.97. The highest BCUT2D eigenvalue weighted by Gasteiger charge is 2.19. The molecular weight excluding hydrogens is 304 g/mol. The average molecular weight is 318 g/mol. The molecule has 4 N–H and O–H groups in total. The van der Waals surface area contributed by atoms with E-state index in [2.05, 4.69) is 10.3 Å². The first-order valence-corrected chi connectivity index (χ1v) is 7.14. The summed E-state index contributed by atoms with van der Waals surface area (Å²) in [6.07, 6.45) is 0. The van der Waals surface area contributed by atoms with Crippen LogP contribution in [0.3, 0.4) is 0 Å². The van der Waals surface area contributed by atoms with E-state index in [1.807, 2.05) is 12.2 Å². The Hall–Kier alpha value is -2.74. The number of anilines is 2. The maximum atomic E-state index is 11.8. The highest BCUT2D eigenvalue weighted by Crippen LogP contribution is 2.20. The first-order valence-electron chi connectivity index (χ1n) is 6.33. The summed E-state index contributed by atoms with van der Waals surface area (Å²) < 4.78 is 0. The van der Waals surface area contributed by atoms with E-state index in [0.717, 1.165) is 10.6 Å². The normalized spacial score (nSPS) is 10.1. The second kappa shape index (κ2) is 6.35. The molecule has 3 amide bonds. The first-order chi connectivity index (χ1) is 10.4. The van der Waals surface area contributed by atoms with Gasteiger partial charge in [-0.1, -0.05) is 0 Å². The summed E-state index contributed by atoms with van der Waals surface area (Å²) >= 11 is 1.26. The maximum absolute atomic E-state index is 11.8. The summed E-state index contributed by atoms with van der Waals surface area (Å²) in [6, 6.07) is 5.98. The van der Waals surface area contributed by atoms with Gasteiger partial charge >= 0.3 is 11.8 Å². The number of hydrogen-bond acceptors (Lipinski definition) is 6. The molecule has 1 aromatic carbocycles. The lowest BCUT2D eigenvalue weighted by Gasteiger charge is -2.04. The molecule has 7 nitrogen and oxygen atoms in total. The van der Waals surface area contributed by atoms with Crippen LogP contribution in [0.1, 0.15) is 20.9 Å². The minimum Gasteiger partial charge on any atom is -0.399 e. The van der Waals surface area contributed by atoms with Crippen molar-refractivity contribution in [2.24, 2.45) is 0 Å². The van der Waals surface area contributed by atoms with Crippen molar-refractivity contribution in [2.45, 2.75) is 13.8 Å². The second-order valence-electron chi connectivity index (χ2n) is 4.52. The van der Waals surface area contributed by atoms with Crippen molar-refractivity contribution in [2.75, 3.05) is 11.1 Å². The van der Waals surface area contributed by atoms with E-state index in [9.17, 15) is 14.4 Å². The predicted molar refractivity (Wildman–Crippen MR) is 83.5 cm³/mol. The number of hydrogen-bond donors (Lipinski definition) is 3. The van der Waals surface area contributed by atoms with Crippen LogP contribution in [0.4, 0.5) is 10.8 Å². The second-order valence-corrected chi connectivity index (χ2v) is 5.72. The van der Waals surface area contributed by atoms with Gasteiger partial charge in [0.05, 0.1) is 5.69 Å². The van der Waals surface area contributed by atoms with Crippen LogP contribution < -0.4 is 16.4 Å². The van der Waals surface area contributed by atoms with Gasteiger partial charge in [0, 0.05) is 16.1 Å². The standard InChI is InChI=1S/C14H14N4O3S/c1-7-8(2)22-14(16-7)18-13(21)12(20)17-11(19)9-3-5-10(15)6-4-9/h3-6H,15H2,1-2H3,(H,16,18,21)(H,17,19,20). The Morgan fingerprint density at radius 3 is 2.27 bits per heavy atom. The Bertz CT molecular complexity index is 718. The lowest BCUT2D eigenvalue weighted by molar-refractivity contribution is -0.135. The smallest absolute Gasteiger partial charge is 0.316 e. The molecule has 0 atom stereocenters. The largest absolute Gasteiger partial charge is 0.399 e. The molecule has 0 fully saturated rings. The van der Waals surface area contributed by atoms with Crippen LogP contribution >= 0.6 is 11.3 Å². The van der Waals surface area contributed by atoms with Crippen LogP contribution in [-0.4, -0.2) is 22.7 Å². The third-order valence-corrected chi connectivity index (χ3v) is 3.84. The lowest BCUT2D eigenvalue weighted by atomic mass is 10.2. The van der Waals surface area contributed by atoms with E-state index in [1.54, 1.807) is 6.92 Å². The van der Waals surface area contributed by atoms with Crippen molar-refractivity contribution >= 4 is 39.9 Å². The van der Waals surface area contributed by atoms with E-state index in [4.69, 9.17) is 5.73 Å². The zero-order chi connectivity index (χ0) is 16.3. The van der Waals surface area contributed by atoms with Gasteiger partial charge in [0.1, 0.15) is 0 Å². The van der Waals surface area contributed by atoms with Crippen LogP contribution in [0.25, 0.3) is 0 Å². The zero-order valence-corrected chi connectivity index (χ0v) is 12.8. The van der Waals surface area contributed by atoms with Crippen molar-refractivity contribution in [1.29, 1.82) is 0 Å². The van der Waals surface area contributed by atoms with Crippen LogP contribution in [-0.2, 0) is 9.59 Å². The summed E-state index contributed by atoms with van der Waals surface area (Å²) in [4.78, 5) is 40.3. The molecule has 2 rings (SSSR count). The van der Waals surface area contributed by atoms with Gasteiger partial charge in [-0.3, -0.25) is 25.0 Å². The highest BCUT2D eigenvalue weighted by molar-refractivity contribution is 7.15. The number of rotatable bonds is 2. The number of nitrogens with two attached hydrogens (primary N) is 1. The number of carbonyl (C=O) groups is 3. The van der Waals surface area contributed by atoms with Gasteiger partial charge in [0.15, 0.2) is 5.13 Å². The molecular formula is C14H14N4O3S. The van der Waals surface area contributed by atoms with Crippen LogP contribution in [0.2, 0.25) is 0 Å². The summed E-state index contributed by atoms with van der Waals surface area (Å²) in [5.74, 6) is -2.67. The molecule has 0 saturated heterocycles. The number of amides is 3. The Morgan fingerprint density at radius 1 is 1.09 bits per heavy atom. The molecule has 0 spiro atoms. The number of benzene rings is 1. The fourth-order valence-electron chi connectivity index (χ4n) is 1.55. The molecule has 2 aromatic rings. The number of imide groups is 1. The molecule has 0 saturated carbocycles. The lowest BCUT2D eigenvalue weighted by Crippen LogP contribution is -2.39. The first kappa shape index (κ1) is 15.6. The van der Waals surface area contributed by atoms with Crippen LogP contribution in [0.15, 0.2) is 24.3 Å². The van der Waals surface area contributed by atoms with Gasteiger partial charge in [-0.15, -0.1) is 11.3 Å². The fraction of sp³-hybridized carbons (Fsp3) is 0.143. The maximum Gasteiger partial charge on any atom is 0.316 e. The SMILES string of the molecule is Cc1nc(NC(=O)C(=O)NC(=O)c2ccc(N)cc2)sc1C. The van der Waals surface area contributed by atoms with Crippen molar-refractivity contribution in [3.63, 3.8) is 0 Å². The molecule has 0 aliphatic rings. The van der Waals surface area contributed by atoms with E-state index in [1.165, 1.54) is 35.6 Å². The molecule has 0 radical (unpaired) electrons. The molecule has 1 aromatic heterocycles. The summed E-state index contributed by atoms with van der Waals surface area (Å²) in [5.41, 5.74) is 7.01. The summed E-state index contributed by atoms with van der Waals surface area (Å²) in [7, 11) is 0. The monoisotopic (exact) mass is 318 g/mol. The Morgan fingerprint density at radius 2 is 1.73 bits per heavy atom. The molecule has 0 unspecified atom stereocenters. The van der Waals surface area contributed by atoms with E-state index >= 15 is 0 Å². The minimum absolute atomic E-state index is 0.233. The number of carbonyl (C=O) groups excluding carboxylic acids is 3. The van der Waals surface area contributed by atoms with Crippen molar-refractivity contribution in [3.8, 4) is 0 Å². The third-order valence-electron chi connectivity index (χ3n) is 2.86. The molecule has 114 valence electrons. The molecule has 0 aliphatic carbocycles. The quantitative estimate of drug-likeness (QED) is 0.569. The van der Waals surface area contributed by atoms with Gasteiger partial charge < -0.3 is 5.73 Å². The fourth-order valence-corrected chi connectivity index (χ4v) is 2.36. The molecule has 0 aliphatic heterocycles. The molecule has 1 heterocycles. The van der Waals surface area contributed by atoms with E-state index in [0.29, 0.717) is 10.8 Å². The summed E-state index contributed by atoms with van der Waals surface area (Å²) in [5, 5.41) is 4.67. The topological polar surface area (TPSA) is 114 Å². The summed E-state index contributed by atoms with van der Waals surface area (Å²) in [6.45, 7) is 3.65. The number of aromatic nitrogens is 1. The zero-order valence-electron chi connectivity index (χ0n) is 12.0. The van der Waals surface area contributed by atoms with Crippen LogP contribution in [0, 0.1) is 13.8 Å². The van der Waals surface area contributed by atoms with Gasteiger partial charge in [-0.2, -0.15) is 0 Å². The number of thiazole rings is 1.